The fourth-order valence-corrected chi connectivity index (χ4v) is 3.57. The molecule has 3 aromatic rings. The summed E-state index contributed by atoms with van der Waals surface area (Å²) in [5.74, 6) is 1.30. The molecule has 0 atom stereocenters. The van der Waals surface area contributed by atoms with E-state index < -0.39 is 5.54 Å². The molecule has 146 valence electrons. The van der Waals surface area contributed by atoms with E-state index in [9.17, 15) is 4.79 Å². The summed E-state index contributed by atoms with van der Waals surface area (Å²) in [6.45, 7) is 0. The summed E-state index contributed by atoms with van der Waals surface area (Å²) in [4.78, 5) is 20.0. The molecule has 6 nitrogen and oxygen atoms in total. The van der Waals surface area contributed by atoms with Crippen molar-refractivity contribution in [3.63, 3.8) is 0 Å². The van der Waals surface area contributed by atoms with E-state index in [0.717, 1.165) is 0 Å². The molecular formula is C23H21N3O3. The number of para-hydroxylation sites is 1. The third-order valence-corrected chi connectivity index (χ3v) is 5.05. The molecule has 0 fully saturated rings. The molecule has 0 bridgehead atoms. The Balaban J connectivity index is 1.90. The number of nitrogens with zero attached hydrogens (tertiary/aromatic N) is 2. The molecule has 0 spiro atoms. The first-order valence-corrected chi connectivity index (χ1v) is 9.14. The minimum atomic E-state index is -1.29. The van der Waals surface area contributed by atoms with Gasteiger partial charge in [-0.25, -0.2) is 9.89 Å². The first-order chi connectivity index (χ1) is 14.1. The van der Waals surface area contributed by atoms with Crippen LogP contribution in [0.5, 0.6) is 11.5 Å². The van der Waals surface area contributed by atoms with Crippen molar-refractivity contribution in [1.29, 1.82) is 0 Å². The number of carbonyl (C=O) groups excluding carboxylic acids is 1. The maximum Gasteiger partial charge on any atom is 0.271 e. The van der Waals surface area contributed by atoms with Gasteiger partial charge in [-0.2, -0.15) is 0 Å². The normalized spacial score (nSPS) is 15.2. The molecule has 0 saturated heterocycles. The third kappa shape index (κ3) is 2.99. The van der Waals surface area contributed by atoms with Gasteiger partial charge in [0.15, 0.2) is 5.54 Å². The molecule has 0 aromatic heterocycles. The van der Waals surface area contributed by atoms with Gasteiger partial charge in [-0.1, -0.05) is 42.5 Å². The van der Waals surface area contributed by atoms with Gasteiger partial charge in [0, 0.05) is 0 Å². The van der Waals surface area contributed by atoms with E-state index in [2.05, 4.69) is 0 Å². The highest BCUT2D eigenvalue weighted by molar-refractivity contribution is 6.24. The average Bonchev–Trinajstić information content (AvgIpc) is 3.05. The summed E-state index contributed by atoms with van der Waals surface area (Å²) in [5, 5.41) is 0. The van der Waals surface area contributed by atoms with E-state index in [-0.39, 0.29) is 11.9 Å². The van der Waals surface area contributed by atoms with E-state index in [1.54, 1.807) is 14.2 Å². The number of hydrogen-bond acceptors (Lipinski definition) is 5. The fourth-order valence-electron chi connectivity index (χ4n) is 3.57. The van der Waals surface area contributed by atoms with Crippen LogP contribution in [0.3, 0.4) is 0 Å². The van der Waals surface area contributed by atoms with E-state index in [4.69, 9.17) is 20.2 Å². The Hall–Kier alpha value is -3.80. The van der Waals surface area contributed by atoms with E-state index >= 15 is 0 Å². The standard InChI is InChI=1S/C23H21N3O3/c1-28-19-12-8-16(9-13-19)23(17-10-14-20(29-2)15-11-17)21(27)26(22(24)25-23)18-6-4-3-5-7-18/h3-15H,1-2H3,(H2,24,25). The van der Waals surface area contributed by atoms with Crippen LogP contribution in [0, 0.1) is 0 Å². The largest absolute Gasteiger partial charge is 0.497 e. The zero-order valence-electron chi connectivity index (χ0n) is 16.2. The smallest absolute Gasteiger partial charge is 0.271 e. The summed E-state index contributed by atoms with van der Waals surface area (Å²) < 4.78 is 10.5. The number of nitrogens with two attached hydrogens (primary N) is 1. The van der Waals surface area contributed by atoms with Crippen LogP contribution in [-0.2, 0) is 10.3 Å². The number of guanidine groups is 1. The Kier molecular flexibility index (Phi) is 4.68. The lowest BCUT2D eigenvalue weighted by molar-refractivity contribution is -0.120. The van der Waals surface area contributed by atoms with Gasteiger partial charge in [0.05, 0.1) is 19.9 Å². The van der Waals surface area contributed by atoms with Gasteiger partial charge in [-0.15, -0.1) is 0 Å². The summed E-state index contributed by atoms with van der Waals surface area (Å²) in [6.07, 6.45) is 0. The highest BCUT2D eigenvalue weighted by atomic mass is 16.5. The number of ether oxygens (including phenoxy) is 2. The molecule has 0 saturated carbocycles. The fraction of sp³-hybridized carbons (Fsp3) is 0.130. The summed E-state index contributed by atoms with van der Waals surface area (Å²) in [7, 11) is 3.20. The molecule has 3 aromatic carbocycles. The predicted molar refractivity (Wildman–Crippen MR) is 112 cm³/mol. The van der Waals surface area contributed by atoms with Crippen LogP contribution in [0.15, 0.2) is 83.9 Å². The molecule has 0 unspecified atom stereocenters. The molecule has 2 N–H and O–H groups in total. The second-order valence-corrected chi connectivity index (χ2v) is 6.61. The average molecular weight is 387 g/mol. The van der Waals surface area contributed by atoms with Crippen LogP contribution >= 0.6 is 0 Å². The maximum absolute atomic E-state index is 13.8. The van der Waals surface area contributed by atoms with E-state index in [1.165, 1.54) is 4.90 Å². The van der Waals surface area contributed by atoms with Crippen LogP contribution in [0.4, 0.5) is 5.69 Å². The molecule has 1 aliphatic heterocycles. The van der Waals surface area contributed by atoms with Crippen molar-refractivity contribution in [3.8, 4) is 11.5 Å². The third-order valence-electron chi connectivity index (χ3n) is 5.05. The van der Waals surface area contributed by atoms with Gasteiger partial charge >= 0.3 is 0 Å². The Morgan fingerprint density at radius 3 is 1.72 bits per heavy atom. The van der Waals surface area contributed by atoms with Crippen molar-refractivity contribution in [2.45, 2.75) is 5.54 Å². The minimum absolute atomic E-state index is 0.146. The number of hydrogen-bond donors (Lipinski definition) is 1. The Bertz CT molecular complexity index is 997. The van der Waals surface area contributed by atoms with Crippen LogP contribution in [0.25, 0.3) is 0 Å². The zero-order chi connectivity index (χ0) is 20.4. The Morgan fingerprint density at radius 2 is 1.28 bits per heavy atom. The highest BCUT2D eigenvalue weighted by Crippen LogP contribution is 2.42. The molecule has 6 heteroatoms. The van der Waals surface area contributed by atoms with Gasteiger partial charge in [-0.05, 0) is 47.5 Å². The monoisotopic (exact) mass is 387 g/mol. The number of anilines is 1. The summed E-state index contributed by atoms with van der Waals surface area (Å²) in [6, 6.07) is 23.9. The second kappa shape index (κ2) is 7.31. The minimum Gasteiger partial charge on any atom is -0.497 e. The SMILES string of the molecule is COc1ccc(C2(c3ccc(OC)cc3)N=C(N)N(c3ccccc3)C2=O)cc1. The lowest BCUT2D eigenvalue weighted by atomic mass is 9.82. The van der Waals surface area contributed by atoms with Gasteiger partial charge in [-0.3, -0.25) is 4.79 Å². The maximum atomic E-state index is 13.8. The molecule has 4 rings (SSSR count). The Morgan fingerprint density at radius 1 is 0.793 bits per heavy atom. The summed E-state index contributed by atoms with van der Waals surface area (Å²) >= 11 is 0. The van der Waals surface area contributed by atoms with Crippen molar-refractivity contribution >= 4 is 17.6 Å². The van der Waals surface area contributed by atoms with Gasteiger partial charge in [0.25, 0.3) is 5.91 Å². The van der Waals surface area contributed by atoms with Crippen molar-refractivity contribution < 1.29 is 14.3 Å². The first kappa shape index (κ1) is 18.6. The second-order valence-electron chi connectivity index (χ2n) is 6.61. The van der Waals surface area contributed by atoms with Crippen molar-refractivity contribution in [2.75, 3.05) is 19.1 Å². The molecule has 1 heterocycles. The number of methoxy groups -OCH3 is 2. The molecule has 1 aliphatic rings. The summed E-state index contributed by atoms with van der Waals surface area (Å²) in [5.41, 5.74) is 7.05. The van der Waals surface area contributed by atoms with Crippen molar-refractivity contribution in [3.05, 3.63) is 90.0 Å². The van der Waals surface area contributed by atoms with Crippen molar-refractivity contribution in [1.82, 2.24) is 0 Å². The molecule has 29 heavy (non-hydrogen) atoms. The lowest BCUT2D eigenvalue weighted by Gasteiger charge is -2.27. The van der Waals surface area contributed by atoms with Crippen LogP contribution < -0.4 is 20.1 Å². The number of rotatable bonds is 5. The molecule has 0 radical (unpaired) electrons. The number of benzene rings is 3. The molecular weight excluding hydrogens is 366 g/mol. The van der Waals surface area contributed by atoms with Crippen LogP contribution in [0.1, 0.15) is 11.1 Å². The van der Waals surface area contributed by atoms with Crippen molar-refractivity contribution in [2.24, 2.45) is 10.7 Å². The van der Waals surface area contributed by atoms with Gasteiger partial charge < -0.3 is 15.2 Å². The topological polar surface area (TPSA) is 77.2 Å². The van der Waals surface area contributed by atoms with Gasteiger partial charge in [0.1, 0.15) is 11.5 Å². The van der Waals surface area contributed by atoms with Gasteiger partial charge in [0.2, 0.25) is 5.96 Å². The van der Waals surface area contributed by atoms with E-state index in [0.29, 0.717) is 28.3 Å². The molecule has 1 amide bonds. The van der Waals surface area contributed by atoms with Crippen LogP contribution in [-0.4, -0.2) is 26.1 Å². The quantitative estimate of drug-likeness (QED) is 0.729. The number of amides is 1. The number of aliphatic imine (C=N–C) groups is 1. The van der Waals surface area contributed by atoms with Crippen LogP contribution in [0.2, 0.25) is 0 Å². The van der Waals surface area contributed by atoms with E-state index in [1.807, 2.05) is 78.9 Å². The predicted octanol–water partition coefficient (Wildman–Crippen LogP) is 3.31. The Labute approximate surface area is 169 Å². The highest BCUT2D eigenvalue weighted by Gasteiger charge is 2.51. The molecule has 0 aliphatic carbocycles. The zero-order valence-corrected chi connectivity index (χ0v) is 16.2. The first-order valence-electron chi connectivity index (χ1n) is 9.14. The lowest BCUT2D eigenvalue weighted by Crippen LogP contribution is -2.43. The number of carbonyl (C=O) groups is 1.